The number of amides is 2. The summed E-state index contributed by atoms with van der Waals surface area (Å²) >= 11 is 1.22. The lowest BCUT2D eigenvalue weighted by Gasteiger charge is -2.52. The van der Waals surface area contributed by atoms with Crippen molar-refractivity contribution in [2.24, 2.45) is 11.3 Å². The third-order valence-electron chi connectivity index (χ3n) is 5.80. The van der Waals surface area contributed by atoms with E-state index < -0.39 is 0 Å². The molecule has 2 atom stereocenters. The van der Waals surface area contributed by atoms with Gasteiger partial charge in [0, 0.05) is 18.8 Å². The van der Waals surface area contributed by atoms with Crippen LogP contribution >= 0.6 is 11.3 Å². The summed E-state index contributed by atoms with van der Waals surface area (Å²) in [5.74, 6) is 0.0735. The molecule has 10 heteroatoms. The van der Waals surface area contributed by atoms with E-state index in [-0.39, 0.29) is 35.6 Å². The molecule has 3 aromatic rings. The van der Waals surface area contributed by atoms with Gasteiger partial charge in [-0.3, -0.25) is 9.59 Å². The lowest BCUT2D eigenvalue weighted by atomic mass is 9.58. The molecule has 2 amide bonds. The van der Waals surface area contributed by atoms with E-state index in [1.165, 1.54) is 11.3 Å². The molecule has 2 unspecified atom stereocenters. The van der Waals surface area contributed by atoms with Crippen LogP contribution in [0.1, 0.15) is 35.6 Å². The molecule has 3 heterocycles. The smallest absolute Gasteiger partial charge is 0.253 e. The van der Waals surface area contributed by atoms with Gasteiger partial charge in [-0.1, -0.05) is 25.2 Å². The summed E-state index contributed by atoms with van der Waals surface area (Å²) in [7, 11) is 0. The van der Waals surface area contributed by atoms with Crippen molar-refractivity contribution in [1.82, 2.24) is 30.4 Å². The lowest BCUT2D eigenvalue weighted by molar-refractivity contribution is -0.121. The van der Waals surface area contributed by atoms with Gasteiger partial charge in [-0.2, -0.15) is 5.10 Å². The van der Waals surface area contributed by atoms with Crippen molar-refractivity contribution in [1.29, 1.82) is 0 Å². The fourth-order valence-electron chi connectivity index (χ4n) is 3.76. The number of anilines is 1. The molecule has 1 saturated carbocycles. The summed E-state index contributed by atoms with van der Waals surface area (Å²) in [5, 5.41) is 18.8. The third kappa shape index (κ3) is 3.80. The molecule has 3 aromatic heterocycles. The first kappa shape index (κ1) is 19.3. The van der Waals surface area contributed by atoms with E-state index in [0.717, 1.165) is 11.9 Å². The Bertz CT molecular complexity index is 1060. The van der Waals surface area contributed by atoms with Crippen LogP contribution in [-0.4, -0.2) is 44.2 Å². The standard InChI is InChI=1S/C19H23N7O2S/c1-19(2)11(10-21-15(27)9-16-24-25-18(20)29-16)8-14(19)23-17(28)12-4-3-7-26-13(12)5-6-22-26/h3-7,11,14H,8-10H2,1-2H3,(H2,20,25)(H,21,27)(H,23,28). The number of fused-ring (bicyclic) bond motifs is 1. The molecule has 4 rings (SSSR count). The Morgan fingerprint density at radius 1 is 1.34 bits per heavy atom. The van der Waals surface area contributed by atoms with Crippen LogP contribution in [0, 0.1) is 11.3 Å². The molecule has 0 aromatic carbocycles. The molecule has 4 N–H and O–H groups in total. The van der Waals surface area contributed by atoms with Crippen molar-refractivity contribution in [3.63, 3.8) is 0 Å². The Kier molecular flexibility index (Phi) is 4.95. The monoisotopic (exact) mass is 413 g/mol. The van der Waals surface area contributed by atoms with Crippen LogP contribution in [-0.2, 0) is 11.2 Å². The van der Waals surface area contributed by atoms with E-state index in [9.17, 15) is 9.59 Å². The fraction of sp³-hybridized carbons (Fsp3) is 0.421. The van der Waals surface area contributed by atoms with Crippen LogP contribution in [0.15, 0.2) is 30.6 Å². The minimum Gasteiger partial charge on any atom is -0.374 e. The zero-order chi connectivity index (χ0) is 20.6. The molecule has 1 aliphatic rings. The van der Waals surface area contributed by atoms with Crippen molar-refractivity contribution >= 4 is 33.8 Å². The second-order valence-corrected chi connectivity index (χ2v) is 8.97. The summed E-state index contributed by atoms with van der Waals surface area (Å²) in [6.07, 6.45) is 4.48. The number of nitrogens with two attached hydrogens (primary N) is 1. The summed E-state index contributed by atoms with van der Waals surface area (Å²) in [5.41, 5.74) is 6.80. The Hall–Kier alpha value is -3.01. The number of rotatable bonds is 6. The van der Waals surface area contributed by atoms with Crippen LogP contribution in [0.4, 0.5) is 5.13 Å². The maximum Gasteiger partial charge on any atom is 0.253 e. The highest BCUT2D eigenvalue weighted by atomic mass is 32.1. The zero-order valence-corrected chi connectivity index (χ0v) is 17.1. The first-order valence-electron chi connectivity index (χ1n) is 9.42. The summed E-state index contributed by atoms with van der Waals surface area (Å²) in [6, 6.07) is 5.48. The number of pyridine rings is 1. The third-order valence-corrected chi connectivity index (χ3v) is 6.55. The number of nitrogens with zero attached hydrogens (tertiary/aromatic N) is 4. The van der Waals surface area contributed by atoms with Gasteiger partial charge in [-0.05, 0) is 36.0 Å². The highest BCUT2D eigenvalue weighted by Gasteiger charge is 2.48. The van der Waals surface area contributed by atoms with Gasteiger partial charge in [-0.15, -0.1) is 10.2 Å². The molecule has 0 saturated heterocycles. The zero-order valence-electron chi connectivity index (χ0n) is 16.3. The SMILES string of the molecule is CC1(C)C(CNC(=O)Cc2nnc(N)s2)CC1NC(=O)c1cccn2nccc12. The van der Waals surface area contributed by atoms with Crippen LogP contribution in [0.5, 0.6) is 0 Å². The molecule has 29 heavy (non-hydrogen) atoms. The predicted octanol–water partition coefficient (Wildman–Crippen LogP) is 1.27. The number of hydrogen-bond acceptors (Lipinski definition) is 7. The van der Waals surface area contributed by atoms with Gasteiger partial charge in [0.05, 0.1) is 23.7 Å². The molecule has 0 bridgehead atoms. The van der Waals surface area contributed by atoms with Crippen LogP contribution in [0.3, 0.4) is 0 Å². The average molecular weight is 414 g/mol. The molecular formula is C19H23N7O2S. The number of nitrogens with one attached hydrogen (secondary N) is 2. The fourth-order valence-corrected chi connectivity index (χ4v) is 4.37. The van der Waals surface area contributed by atoms with E-state index in [2.05, 4.69) is 39.8 Å². The minimum absolute atomic E-state index is 0.0445. The van der Waals surface area contributed by atoms with Crippen molar-refractivity contribution < 1.29 is 9.59 Å². The number of carbonyl (C=O) groups is 2. The molecule has 1 aliphatic carbocycles. The topological polar surface area (TPSA) is 127 Å². The highest BCUT2D eigenvalue weighted by molar-refractivity contribution is 7.15. The molecule has 0 aliphatic heterocycles. The van der Waals surface area contributed by atoms with Gasteiger partial charge in [0.15, 0.2) is 0 Å². The maximum atomic E-state index is 12.8. The number of hydrogen-bond donors (Lipinski definition) is 3. The predicted molar refractivity (Wildman–Crippen MR) is 109 cm³/mol. The normalized spacial score (nSPS) is 20.2. The van der Waals surface area contributed by atoms with Crippen LogP contribution < -0.4 is 16.4 Å². The van der Waals surface area contributed by atoms with Gasteiger partial charge in [0.25, 0.3) is 5.91 Å². The van der Waals surface area contributed by atoms with Crippen molar-refractivity contribution in [3.8, 4) is 0 Å². The lowest BCUT2D eigenvalue weighted by Crippen LogP contribution is -2.60. The number of nitrogen functional groups attached to an aromatic ring is 1. The van der Waals surface area contributed by atoms with Gasteiger partial charge in [-0.25, -0.2) is 4.52 Å². The minimum atomic E-state index is -0.124. The number of carbonyl (C=O) groups excluding carboxylic acids is 2. The van der Waals surface area contributed by atoms with E-state index >= 15 is 0 Å². The van der Waals surface area contributed by atoms with Crippen LogP contribution in [0.25, 0.3) is 5.52 Å². The van der Waals surface area contributed by atoms with Crippen molar-refractivity contribution in [2.75, 3.05) is 12.3 Å². The number of aromatic nitrogens is 4. The summed E-state index contributed by atoms with van der Waals surface area (Å²) < 4.78 is 1.69. The largest absolute Gasteiger partial charge is 0.374 e. The van der Waals surface area contributed by atoms with Gasteiger partial charge < -0.3 is 16.4 Å². The first-order valence-corrected chi connectivity index (χ1v) is 10.2. The van der Waals surface area contributed by atoms with Crippen molar-refractivity contribution in [3.05, 3.63) is 41.2 Å². The van der Waals surface area contributed by atoms with Gasteiger partial charge >= 0.3 is 0 Å². The van der Waals surface area contributed by atoms with E-state index in [4.69, 9.17) is 5.73 Å². The molecule has 9 nitrogen and oxygen atoms in total. The molecule has 152 valence electrons. The second kappa shape index (κ2) is 7.43. The second-order valence-electron chi connectivity index (χ2n) is 7.88. The molecule has 0 spiro atoms. The quantitative estimate of drug-likeness (QED) is 0.558. The first-order chi connectivity index (χ1) is 13.8. The maximum absolute atomic E-state index is 12.8. The van der Waals surface area contributed by atoms with Gasteiger partial charge in [0.1, 0.15) is 5.01 Å². The average Bonchev–Trinajstić information content (AvgIpc) is 3.32. The van der Waals surface area contributed by atoms with Crippen molar-refractivity contribution in [2.45, 2.75) is 32.7 Å². The molecule has 0 radical (unpaired) electrons. The van der Waals surface area contributed by atoms with E-state index in [1.54, 1.807) is 16.8 Å². The highest BCUT2D eigenvalue weighted by Crippen LogP contribution is 2.46. The Labute approximate surface area is 171 Å². The summed E-state index contributed by atoms with van der Waals surface area (Å²) in [6.45, 7) is 4.79. The Morgan fingerprint density at radius 3 is 2.90 bits per heavy atom. The van der Waals surface area contributed by atoms with E-state index in [1.807, 2.05) is 18.3 Å². The Morgan fingerprint density at radius 2 is 2.17 bits per heavy atom. The van der Waals surface area contributed by atoms with Crippen LogP contribution in [0.2, 0.25) is 0 Å². The molecular weight excluding hydrogens is 390 g/mol. The Balaban J connectivity index is 1.31. The van der Waals surface area contributed by atoms with Gasteiger partial charge in [0.2, 0.25) is 11.0 Å². The summed E-state index contributed by atoms with van der Waals surface area (Å²) in [4.78, 5) is 24.9. The van der Waals surface area contributed by atoms with E-state index in [0.29, 0.717) is 22.2 Å². The molecule has 1 fully saturated rings.